The number of carbonyl (C=O) groups is 2. The fourth-order valence-electron chi connectivity index (χ4n) is 3.43. The number of rotatable bonds is 6. The molecule has 0 saturated carbocycles. The molecular formula is C20H21FN6O2S. The van der Waals surface area contributed by atoms with E-state index in [1.165, 1.54) is 6.07 Å². The molecule has 0 atom stereocenters. The highest BCUT2D eigenvalue weighted by Gasteiger charge is 2.25. The number of hydrogen-bond acceptors (Lipinski definition) is 8. The van der Waals surface area contributed by atoms with E-state index in [0.29, 0.717) is 34.7 Å². The first-order valence-corrected chi connectivity index (χ1v) is 10.5. The Morgan fingerprint density at radius 3 is 2.80 bits per heavy atom. The Morgan fingerprint density at radius 2 is 2.07 bits per heavy atom. The molecule has 0 bridgehead atoms. The molecule has 0 unspecified atom stereocenters. The van der Waals surface area contributed by atoms with Gasteiger partial charge in [-0.3, -0.25) is 19.9 Å². The van der Waals surface area contributed by atoms with Crippen LogP contribution in [0.15, 0.2) is 35.5 Å². The topological polar surface area (TPSA) is 100 Å². The second kappa shape index (κ2) is 9.31. The van der Waals surface area contributed by atoms with Crippen molar-refractivity contribution < 1.29 is 14.0 Å². The summed E-state index contributed by atoms with van der Waals surface area (Å²) in [5.41, 5.74) is 1.03. The number of halogens is 1. The second-order valence-electron chi connectivity index (χ2n) is 7.13. The molecule has 2 aliphatic heterocycles. The van der Waals surface area contributed by atoms with Gasteiger partial charge in [0.25, 0.3) is 11.1 Å². The van der Waals surface area contributed by atoms with Gasteiger partial charge in [-0.15, -0.1) is 0 Å². The van der Waals surface area contributed by atoms with Crippen LogP contribution >= 0.6 is 11.8 Å². The summed E-state index contributed by atoms with van der Waals surface area (Å²) in [5.74, 6) is 0.415. The van der Waals surface area contributed by atoms with E-state index in [9.17, 15) is 14.0 Å². The maximum Gasteiger partial charge on any atom is 0.290 e. The van der Waals surface area contributed by atoms with Crippen LogP contribution in [-0.4, -0.2) is 45.7 Å². The normalized spacial score (nSPS) is 18.8. The number of anilines is 1. The Labute approximate surface area is 177 Å². The number of nitrogens with zero attached hydrogens (tertiary/aromatic N) is 4. The lowest BCUT2D eigenvalue weighted by atomic mass is 9.97. The maximum atomic E-state index is 13.6. The molecule has 2 amide bonds. The molecule has 2 aliphatic rings. The van der Waals surface area contributed by atoms with Crippen LogP contribution < -0.4 is 15.5 Å². The van der Waals surface area contributed by atoms with Crippen LogP contribution in [0, 0.1) is 11.7 Å². The molecule has 8 nitrogen and oxygen atoms in total. The molecule has 30 heavy (non-hydrogen) atoms. The first kappa shape index (κ1) is 20.4. The molecule has 4 heterocycles. The molecule has 2 N–H and O–H groups in total. The molecule has 2 fully saturated rings. The summed E-state index contributed by atoms with van der Waals surface area (Å²) in [6.45, 7) is 2.86. The number of nitrogens with one attached hydrogen (secondary N) is 2. The molecule has 0 aliphatic carbocycles. The monoisotopic (exact) mass is 428 g/mol. The first-order valence-electron chi connectivity index (χ1n) is 9.71. The zero-order valence-electron chi connectivity index (χ0n) is 16.2. The average Bonchev–Trinajstić information content (AvgIpc) is 3.07. The van der Waals surface area contributed by atoms with Gasteiger partial charge in [0.05, 0.1) is 16.3 Å². The predicted molar refractivity (Wildman–Crippen MR) is 112 cm³/mol. The number of piperidine rings is 1. The standard InChI is InChI=1S/C20H21FN6O2S/c21-15-2-1-6-23-16(15)12-22-11-13-4-8-27(9-5-13)19-24-7-3-14(25-19)10-17-18(28)26-20(29)30-17/h1-3,6-7,10,13,22H,4-5,8-9,11-12H2,(H,26,28,29)/b17-10-. The minimum Gasteiger partial charge on any atom is -0.341 e. The van der Waals surface area contributed by atoms with Crippen LogP contribution in [-0.2, 0) is 11.3 Å². The Bertz CT molecular complexity index is 977. The van der Waals surface area contributed by atoms with Gasteiger partial charge in [-0.2, -0.15) is 0 Å². The summed E-state index contributed by atoms with van der Waals surface area (Å²) in [6.07, 6.45) is 6.79. The molecular weight excluding hydrogens is 407 g/mol. The Hall–Kier alpha value is -2.85. The van der Waals surface area contributed by atoms with Crippen molar-refractivity contribution in [3.63, 3.8) is 0 Å². The van der Waals surface area contributed by atoms with Gasteiger partial charge >= 0.3 is 0 Å². The van der Waals surface area contributed by atoms with Crippen LogP contribution in [0.4, 0.5) is 15.1 Å². The van der Waals surface area contributed by atoms with E-state index in [-0.39, 0.29) is 11.1 Å². The molecule has 10 heteroatoms. The molecule has 0 radical (unpaired) electrons. The summed E-state index contributed by atoms with van der Waals surface area (Å²) in [4.78, 5) is 38.4. The molecule has 0 spiro atoms. The Morgan fingerprint density at radius 1 is 1.23 bits per heavy atom. The highest BCUT2D eigenvalue weighted by atomic mass is 32.2. The van der Waals surface area contributed by atoms with E-state index < -0.39 is 5.91 Å². The smallest absolute Gasteiger partial charge is 0.290 e. The van der Waals surface area contributed by atoms with Crippen molar-refractivity contribution >= 4 is 34.9 Å². The fraction of sp³-hybridized carbons (Fsp3) is 0.350. The molecule has 2 saturated heterocycles. The number of amides is 2. The third-order valence-electron chi connectivity index (χ3n) is 5.04. The quantitative estimate of drug-likeness (QED) is 0.677. The zero-order chi connectivity index (χ0) is 20.9. The molecule has 2 aromatic rings. The van der Waals surface area contributed by atoms with Gasteiger partial charge in [0.1, 0.15) is 5.82 Å². The Balaban J connectivity index is 1.29. The largest absolute Gasteiger partial charge is 0.341 e. The minimum absolute atomic E-state index is 0.287. The van der Waals surface area contributed by atoms with Gasteiger partial charge in [0.15, 0.2) is 0 Å². The number of aromatic nitrogens is 3. The molecule has 156 valence electrons. The average molecular weight is 428 g/mol. The number of thioether (sulfide) groups is 1. The van der Waals surface area contributed by atoms with Crippen molar-refractivity contribution in [3.05, 3.63) is 52.7 Å². The lowest BCUT2D eigenvalue weighted by Gasteiger charge is -2.32. The summed E-state index contributed by atoms with van der Waals surface area (Å²) in [7, 11) is 0. The number of imide groups is 1. The molecule has 4 rings (SSSR count). The lowest BCUT2D eigenvalue weighted by Crippen LogP contribution is -2.38. The third-order valence-corrected chi connectivity index (χ3v) is 5.85. The van der Waals surface area contributed by atoms with Gasteiger partial charge in [-0.05, 0) is 61.3 Å². The summed E-state index contributed by atoms with van der Waals surface area (Å²) in [5, 5.41) is 5.16. The van der Waals surface area contributed by atoms with Crippen molar-refractivity contribution in [2.75, 3.05) is 24.5 Å². The van der Waals surface area contributed by atoms with Crippen LogP contribution in [0.2, 0.25) is 0 Å². The molecule has 2 aromatic heterocycles. The van der Waals surface area contributed by atoms with Crippen molar-refractivity contribution in [2.24, 2.45) is 5.92 Å². The zero-order valence-corrected chi connectivity index (χ0v) is 17.0. The van der Waals surface area contributed by atoms with Gasteiger partial charge in [0, 0.05) is 32.0 Å². The van der Waals surface area contributed by atoms with Crippen LogP contribution in [0.1, 0.15) is 24.2 Å². The van der Waals surface area contributed by atoms with E-state index in [4.69, 9.17) is 0 Å². The van der Waals surface area contributed by atoms with Crippen molar-refractivity contribution in [3.8, 4) is 0 Å². The second-order valence-corrected chi connectivity index (χ2v) is 8.14. The number of hydrogen-bond donors (Lipinski definition) is 2. The highest BCUT2D eigenvalue weighted by molar-refractivity contribution is 8.18. The van der Waals surface area contributed by atoms with Gasteiger partial charge < -0.3 is 10.2 Å². The van der Waals surface area contributed by atoms with Crippen LogP contribution in [0.25, 0.3) is 6.08 Å². The van der Waals surface area contributed by atoms with Gasteiger partial charge in [-0.1, -0.05) is 0 Å². The maximum absolute atomic E-state index is 13.6. The van der Waals surface area contributed by atoms with Gasteiger partial charge in [-0.25, -0.2) is 14.4 Å². The van der Waals surface area contributed by atoms with E-state index in [2.05, 4.69) is 30.5 Å². The SMILES string of the molecule is O=C1NC(=O)/C(=C/c2ccnc(N3CCC(CNCc4ncccc4F)CC3)n2)S1. The van der Waals surface area contributed by atoms with Crippen LogP contribution in [0.5, 0.6) is 0 Å². The fourth-order valence-corrected chi connectivity index (χ4v) is 4.10. The Kier molecular flexibility index (Phi) is 6.34. The van der Waals surface area contributed by atoms with Crippen molar-refractivity contribution in [1.82, 2.24) is 25.6 Å². The van der Waals surface area contributed by atoms with Gasteiger partial charge in [0.2, 0.25) is 5.95 Å². The predicted octanol–water partition coefficient (Wildman–Crippen LogP) is 2.34. The summed E-state index contributed by atoms with van der Waals surface area (Å²) < 4.78 is 13.6. The third kappa shape index (κ3) is 5.00. The van der Waals surface area contributed by atoms with Crippen molar-refractivity contribution in [2.45, 2.75) is 19.4 Å². The molecule has 0 aromatic carbocycles. The number of carbonyl (C=O) groups excluding carboxylic acids is 2. The minimum atomic E-state index is -0.399. The van der Waals surface area contributed by atoms with E-state index in [0.717, 1.165) is 44.2 Å². The van der Waals surface area contributed by atoms with E-state index in [1.54, 1.807) is 30.6 Å². The first-order chi connectivity index (χ1) is 14.6. The highest BCUT2D eigenvalue weighted by Crippen LogP contribution is 2.26. The summed E-state index contributed by atoms with van der Waals surface area (Å²) >= 11 is 0.870. The van der Waals surface area contributed by atoms with Crippen LogP contribution in [0.3, 0.4) is 0 Å². The van der Waals surface area contributed by atoms with E-state index in [1.807, 2.05) is 0 Å². The van der Waals surface area contributed by atoms with Crippen molar-refractivity contribution in [1.29, 1.82) is 0 Å². The summed E-state index contributed by atoms with van der Waals surface area (Å²) in [6, 6.07) is 4.71. The number of pyridine rings is 1. The lowest BCUT2D eigenvalue weighted by molar-refractivity contribution is -0.115. The van der Waals surface area contributed by atoms with E-state index >= 15 is 0 Å².